The van der Waals surface area contributed by atoms with Gasteiger partial charge in [-0.25, -0.2) is 0 Å². The van der Waals surface area contributed by atoms with Crippen LogP contribution >= 0.6 is 11.6 Å². The van der Waals surface area contributed by atoms with E-state index in [4.69, 9.17) is 11.6 Å². The van der Waals surface area contributed by atoms with Crippen LogP contribution < -0.4 is 0 Å². The maximum atomic E-state index is 5.98. The Balaban J connectivity index is 1.46. The highest BCUT2D eigenvalue weighted by atomic mass is 35.5. The van der Waals surface area contributed by atoms with Crippen molar-refractivity contribution in [3.05, 3.63) is 70.2 Å². The molecule has 0 N–H and O–H groups in total. The van der Waals surface area contributed by atoms with E-state index in [0.717, 1.165) is 23.4 Å². The van der Waals surface area contributed by atoms with Gasteiger partial charge in [0.05, 0.1) is 0 Å². The molecule has 2 heteroatoms. The van der Waals surface area contributed by atoms with E-state index in [-0.39, 0.29) is 0 Å². The van der Waals surface area contributed by atoms with E-state index in [1.54, 1.807) is 11.1 Å². The Morgan fingerprint density at radius 1 is 1.00 bits per heavy atom. The van der Waals surface area contributed by atoms with Gasteiger partial charge in [0.25, 0.3) is 0 Å². The number of aryl methyl sites for hydroxylation is 1. The predicted molar refractivity (Wildman–Crippen MR) is 92.3 cm³/mol. The Hall–Kier alpha value is -1.31. The Labute approximate surface area is 137 Å². The van der Waals surface area contributed by atoms with Crippen LogP contribution in [-0.2, 0) is 13.0 Å². The SMILES string of the molecule is Clc1ccc(CN2CCC3c4ccccc4CCC3C2)cc1. The normalized spacial score (nSPS) is 24.6. The van der Waals surface area contributed by atoms with Crippen LogP contribution in [0.15, 0.2) is 48.5 Å². The van der Waals surface area contributed by atoms with Gasteiger partial charge in [-0.15, -0.1) is 0 Å². The molecule has 0 aromatic heterocycles. The van der Waals surface area contributed by atoms with Crippen LogP contribution in [0, 0.1) is 5.92 Å². The van der Waals surface area contributed by atoms with E-state index in [0.29, 0.717) is 0 Å². The number of likely N-dealkylation sites (tertiary alicyclic amines) is 1. The number of rotatable bonds is 2. The molecule has 0 spiro atoms. The van der Waals surface area contributed by atoms with Crippen molar-refractivity contribution < 1.29 is 0 Å². The molecule has 0 bridgehead atoms. The minimum Gasteiger partial charge on any atom is -0.299 e. The standard InChI is InChI=1S/C20H22ClN/c21-18-9-5-15(6-10-18)13-22-12-11-20-17(14-22)8-7-16-3-1-2-4-19(16)20/h1-6,9-10,17,20H,7-8,11-14H2. The van der Waals surface area contributed by atoms with Crippen LogP contribution in [0.5, 0.6) is 0 Å². The molecule has 0 amide bonds. The van der Waals surface area contributed by atoms with Crippen LogP contribution in [0.2, 0.25) is 5.02 Å². The summed E-state index contributed by atoms with van der Waals surface area (Å²) in [4.78, 5) is 2.62. The van der Waals surface area contributed by atoms with E-state index in [1.807, 2.05) is 12.1 Å². The van der Waals surface area contributed by atoms with Crippen molar-refractivity contribution in [2.24, 2.45) is 5.92 Å². The molecule has 2 aromatic rings. The van der Waals surface area contributed by atoms with Gasteiger partial charge in [0.1, 0.15) is 0 Å². The summed E-state index contributed by atoms with van der Waals surface area (Å²) in [6, 6.07) is 17.4. The highest BCUT2D eigenvalue weighted by Gasteiger charge is 2.33. The molecule has 2 aromatic carbocycles. The van der Waals surface area contributed by atoms with Gasteiger partial charge in [0.15, 0.2) is 0 Å². The molecule has 1 aliphatic heterocycles. The summed E-state index contributed by atoms with van der Waals surface area (Å²) >= 11 is 5.98. The minimum absolute atomic E-state index is 0.784. The molecule has 1 fully saturated rings. The van der Waals surface area contributed by atoms with Crippen molar-refractivity contribution in [1.82, 2.24) is 4.90 Å². The number of fused-ring (bicyclic) bond motifs is 3. The fourth-order valence-corrected chi connectivity index (χ4v) is 4.39. The topological polar surface area (TPSA) is 3.24 Å². The second-order valence-corrected chi connectivity index (χ2v) is 7.19. The van der Waals surface area contributed by atoms with Crippen molar-refractivity contribution in [1.29, 1.82) is 0 Å². The van der Waals surface area contributed by atoms with Crippen molar-refractivity contribution in [2.45, 2.75) is 31.7 Å². The third-order valence-corrected chi connectivity index (χ3v) is 5.63. The minimum atomic E-state index is 0.784. The molecule has 22 heavy (non-hydrogen) atoms. The van der Waals surface area contributed by atoms with E-state index >= 15 is 0 Å². The van der Waals surface area contributed by atoms with Crippen LogP contribution in [0.3, 0.4) is 0 Å². The highest BCUT2D eigenvalue weighted by molar-refractivity contribution is 6.30. The van der Waals surface area contributed by atoms with Gasteiger partial charge >= 0.3 is 0 Å². The summed E-state index contributed by atoms with van der Waals surface area (Å²) in [7, 11) is 0. The van der Waals surface area contributed by atoms with Crippen molar-refractivity contribution in [2.75, 3.05) is 13.1 Å². The third kappa shape index (κ3) is 2.80. The van der Waals surface area contributed by atoms with Gasteiger partial charge in [-0.3, -0.25) is 4.90 Å². The fraction of sp³-hybridized carbons (Fsp3) is 0.400. The first-order chi connectivity index (χ1) is 10.8. The van der Waals surface area contributed by atoms with E-state index < -0.39 is 0 Å². The summed E-state index contributed by atoms with van der Waals surface area (Å²) < 4.78 is 0. The van der Waals surface area contributed by atoms with Gasteiger partial charge in [-0.1, -0.05) is 48.0 Å². The summed E-state index contributed by atoms with van der Waals surface area (Å²) in [6.07, 6.45) is 3.90. The summed E-state index contributed by atoms with van der Waals surface area (Å²) in [5.41, 5.74) is 4.60. The van der Waals surface area contributed by atoms with Gasteiger partial charge in [0, 0.05) is 18.1 Å². The number of hydrogen-bond donors (Lipinski definition) is 0. The molecule has 4 rings (SSSR count). The smallest absolute Gasteiger partial charge is 0.0406 e. The van der Waals surface area contributed by atoms with Crippen LogP contribution in [-0.4, -0.2) is 18.0 Å². The molecule has 2 aliphatic rings. The number of halogens is 1. The number of piperidine rings is 1. The Bertz CT molecular complexity index is 649. The van der Waals surface area contributed by atoms with Crippen molar-refractivity contribution in [3.63, 3.8) is 0 Å². The van der Waals surface area contributed by atoms with Gasteiger partial charge in [-0.05, 0) is 66.5 Å². The number of nitrogens with zero attached hydrogens (tertiary/aromatic N) is 1. The quantitative estimate of drug-likeness (QED) is 0.763. The zero-order valence-corrected chi connectivity index (χ0v) is 13.6. The van der Waals surface area contributed by atoms with Gasteiger partial charge in [-0.2, -0.15) is 0 Å². The number of hydrogen-bond acceptors (Lipinski definition) is 1. The average molecular weight is 312 g/mol. The second-order valence-electron chi connectivity index (χ2n) is 6.75. The van der Waals surface area contributed by atoms with Crippen LogP contribution in [0.4, 0.5) is 0 Å². The molecular formula is C20H22ClN. The molecule has 0 saturated carbocycles. The lowest BCUT2D eigenvalue weighted by molar-refractivity contribution is 0.135. The van der Waals surface area contributed by atoms with Crippen LogP contribution in [0.25, 0.3) is 0 Å². The van der Waals surface area contributed by atoms with E-state index in [2.05, 4.69) is 41.3 Å². The van der Waals surface area contributed by atoms with Gasteiger partial charge in [0.2, 0.25) is 0 Å². The molecule has 2 atom stereocenters. The van der Waals surface area contributed by atoms with Gasteiger partial charge < -0.3 is 0 Å². The first-order valence-corrected chi connectivity index (χ1v) is 8.72. The molecule has 2 unspecified atom stereocenters. The first-order valence-electron chi connectivity index (χ1n) is 8.34. The lowest BCUT2D eigenvalue weighted by Crippen LogP contribution is -2.40. The second kappa shape index (κ2) is 6.06. The maximum absolute atomic E-state index is 5.98. The predicted octanol–water partition coefficient (Wildman–Crippen LogP) is 4.89. The third-order valence-electron chi connectivity index (χ3n) is 5.38. The summed E-state index contributed by atoms with van der Waals surface area (Å²) in [5.74, 6) is 1.61. The van der Waals surface area contributed by atoms with E-state index in [1.165, 1.54) is 37.9 Å². The monoisotopic (exact) mass is 311 g/mol. The molecule has 1 nitrogen and oxygen atoms in total. The fourth-order valence-electron chi connectivity index (χ4n) is 4.27. The zero-order valence-electron chi connectivity index (χ0n) is 12.8. The zero-order chi connectivity index (χ0) is 14.9. The average Bonchev–Trinajstić information content (AvgIpc) is 2.57. The highest BCUT2D eigenvalue weighted by Crippen LogP contribution is 2.41. The molecular weight excluding hydrogens is 290 g/mol. The Morgan fingerprint density at radius 3 is 2.68 bits per heavy atom. The first kappa shape index (κ1) is 14.3. The Kier molecular flexibility index (Phi) is 3.94. The molecule has 1 aliphatic carbocycles. The molecule has 1 heterocycles. The van der Waals surface area contributed by atoms with Crippen molar-refractivity contribution >= 4 is 11.6 Å². The van der Waals surface area contributed by atoms with Crippen molar-refractivity contribution in [3.8, 4) is 0 Å². The Morgan fingerprint density at radius 2 is 1.82 bits per heavy atom. The molecule has 1 saturated heterocycles. The lowest BCUT2D eigenvalue weighted by Gasteiger charge is -2.42. The van der Waals surface area contributed by atoms with Crippen LogP contribution in [0.1, 0.15) is 35.4 Å². The molecule has 0 radical (unpaired) electrons. The maximum Gasteiger partial charge on any atom is 0.0406 e. The largest absolute Gasteiger partial charge is 0.299 e. The summed E-state index contributed by atoms with van der Waals surface area (Å²) in [6.45, 7) is 3.50. The number of benzene rings is 2. The lowest BCUT2D eigenvalue weighted by atomic mass is 9.71. The van der Waals surface area contributed by atoms with E-state index in [9.17, 15) is 0 Å². The summed E-state index contributed by atoms with van der Waals surface area (Å²) in [5, 5.41) is 0.825. The molecule has 114 valence electrons.